The lowest BCUT2D eigenvalue weighted by Crippen LogP contribution is -2.57. The maximum Gasteiger partial charge on any atom is 0.307 e. The van der Waals surface area contributed by atoms with E-state index in [0.29, 0.717) is 25.7 Å². The molecule has 6 N–H and O–H groups in total. The number of aliphatic hydroxyl groups is 1. The van der Waals surface area contributed by atoms with Gasteiger partial charge in [-0.05, 0) is 37.5 Å². The van der Waals surface area contributed by atoms with Crippen molar-refractivity contribution in [3.05, 3.63) is 0 Å². The Bertz CT molecular complexity index is 904. The average Bonchev–Trinajstić information content (AvgIpc) is 3.29. The molecule has 3 rings (SSSR count). The first-order chi connectivity index (χ1) is 18.5. The first-order valence-electron chi connectivity index (χ1n) is 14.6. The molecule has 0 aromatic rings. The van der Waals surface area contributed by atoms with Gasteiger partial charge in [0.2, 0.25) is 23.6 Å². The summed E-state index contributed by atoms with van der Waals surface area (Å²) in [5, 5.41) is 25.6. The van der Waals surface area contributed by atoms with Crippen LogP contribution < -0.4 is 16.4 Å². The van der Waals surface area contributed by atoms with Crippen molar-refractivity contribution in [1.82, 2.24) is 15.5 Å². The Balaban J connectivity index is 1.79. The fourth-order valence-corrected chi connectivity index (χ4v) is 6.49. The second-order valence-corrected chi connectivity index (χ2v) is 12.1. The quantitative estimate of drug-likeness (QED) is 0.257. The topological polar surface area (TPSA) is 179 Å². The van der Waals surface area contributed by atoms with Gasteiger partial charge in [-0.2, -0.15) is 0 Å². The van der Waals surface area contributed by atoms with E-state index in [-0.39, 0.29) is 24.8 Å². The highest BCUT2D eigenvalue weighted by molar-refractivity contribution is 5.95. The summed E-state index contributed by atoms with van der Waals surface area (Å²) in [6.07, 6.45) is 7.27. The van der Waals surface area contributed by atoms with Crippen molar-refractivity contribution in [2.45, 2.75) is 115 Å². The monoisotopic (exact) mass is 550 g/mol. The largest absolute Gasteiger partial charge is 0.481 e. The van der Waals surface area contributed by atoms with E-state index in [0.717, 1.165) is 44.9 Å². The van der Waals surface area contributed by atoms with Crippen LogP contribution in [-0.4, -0.2) is 75.5 Å². The molecule has 1 aliphatic heterocycles. The predicted octanol–water partition coefficient (Wildman–Crippen LogP) is 1.31. The molecule has 0 aromatic carbocycles. The van der Waals surface area contributed by atoms with Crippen molar-refractivity contribution < 1.29 is 34.2 Å². The third kappa shape index (κ3) is 8.40. The van der Waals surface area contributed by atoms with Gasteiger partial charge in [-0.25, -0.2) is 0 Å². The number of aliphatic carboxylic acids is 1. The Labute approximate surface area is 230 Å². The standard InChI is InChI=1S/C28H46N4O7/c1-16(2)12-21(24(29)34)30-26(36)23-14-18(33)15-32(23)27(37)22(13-17-8-4-3-5-9-17)31-25(35)19-10-6-7-11-20(19)28(38)39/h16-23,33H,3-15H2,1-2H3,(H2,29,34)(H,30,36)(H,31,35)(H,38,39)/t18-,19+,20+,21-,22-,23-/m0/s1. The number of nitrogens with zero attached hydrogens (tertiary/aromatic N) is 1. The van der Waals surface area contributed by atoms with E-state index in [1.165, 1.54) is 4.90 Å². The van der Waals surface area contributed by atoms with Crippen molar-refractivity contribution in [2.75, 3.05) is 6.54 Å². The van der Waals surface area contributed by atoms with Crippen molar-refractivity contribution >= 4 is 29.6 Å². The minimum Gasteiger partial charge on any atom is -0.481 e. The van der Waals surface area contributed by atoms with Gasteiger partial charge in [0, 0.05) is 13.0 Å². The summed E-state index contributed by atoms with van der Waals surface area (Å²) < 4.78 is 0. The van der Waals surface area contributed by atoms with Gasteiger partial charge in [0.25, 0.3) is 0 Å². The molecule has 0 unspecified atom stereocenters. The number of hydrogen-bond donors (Lipinski definition) is 5. The Morgan fingerprint density at radius 2 is 1.46 bits per heavy atom. The van der Waals surface area contributed by atoms with E-state index in [4.69, 9.17) is 5.73 Å². The number of primary amides is 1. The number of aliphatic hydroxyl groups excluding tert-OH is 1. The summed E-state index contributed by atoms with van der Waals surface area (Å²) in [5.41, 5.74) is 5.49. The molecule has 2 saturated carbocycles. The summed E-state index contributed by atoms with van der Waals surface area (Å²) >= 11 is 0. The zero-order valence-corrected chi connectivity index (χ0v) is 23.3. The van der Waals surface area contributed by atoms with Crippen molar-refractivity contribution in [3.63, 3.8) is 0 Å². The van der Waals surface area contributed by atoms with Crippen LogP contribution in [0.25, 0.3) is 0 Å². The van der Waals surface area contributed by atoms with Crippen LogP contribution in [0.4, 0.5) is 0 Å². The van der Waals surface area contributed by atoms with E-state index < -0.39 is 65.7 Å². The number of carboxylic acids is 1. The molecule has 0 aromatic heterocycles. The van der Waals surface area contributed by atoms with Crippen LogP contribution in [0, 0.1) is 23.7 Å². The lowest BCUT2D eigenvalue weighted by atomic mass is 9.78. The highest BCUT2D eigenvalue weighted by atomic mass is 16.4. The fourth-order valence-electron chi connectivity index (χ4n) is 6.49. The number of hydrogen-bond acceptors (Lipinski definition) is 6. The smallest absolute Gasteiger partial charge is 0.307 e. The number of β-amino-alcohol motifs (C(OH)–C–C–N with tert-alkyl or cyclic N) is 1. The Morgan fingerprint density at radius 1 is 0.872 bits per heavy atom. The number of carbonyl (C=O) groups is 5. The Kier molecular flexibility index (Phi) is 11.1. The summed E-state index contributed by atoms with van der Waals surface area (Å²) in [6, 6.07) is -2.84. The van der Waals surface area contributed by atoms with Crippen LogP contribution in [0.2, 0.25) is 0 Å². The average molecular weight is 551 g/mol. The molecule has 220 valence electrons. The molecule has 1 saturated heterocycles. The SMILES string of the molecule is CC(C)C[C@H](NC(=O)[C@@H]1C[C@H](O)CN1C(=O)[C@H](CC1CCCCC1)NC(=O)[C@@H]1CCCC[C@H]1C(=O)O)C(N)=O. The second-order valence-electron chi connectivity index (χ2n) is 12.1. The summed E-state index contributed by atoms with van der Waals surface area (Å²) in [5.74, 6) is -4.33. The number of likely N-dealkylation sites (tertiary alicyclic amines) is 1. The molecule has 0 radical (unpaired) electrons. The molecule has 0 spiro atoms. The van der Waals surface area contributed by atoms with Gasteiger partial charge in [-0.15, -0.1) is 0 Å². The number of rotatable bonds is 11. The van der Waals surface area contributed by atoms with Crippen LogP contribution in [0.3, 0.4) is 0 Å². The predicted molar refractivity (Wildman–Crippen MR) is 143 cm³/mol. The summed E-state index contributed by atoms with van der Waals surface area (Å²) in [6.45, 7) is 3.73. The normalized spacial score (nSPS) is 27.5. The van der Waals surface area contributed by atoms with Crippen LogP contribution >= 0.6 is 0 Å². The van der Waals surface area contributed by atoms with E-state index in [9.17, 15) is 34.2 Å². The number of nitrogens with two attached hydrogens (primary N) is 1. The maximum atomic E-state index is 13.9. The highest BCUT2D eigenvalue weighted by Crippen LogP contribution is 2.32. The molecule has 1 heterocycles. The molecule has 4 amide bonds. The number of nitrogens with one attached hydrogen (secondary N) is 2. The molecule has 11 nitrogen and oxygen atoms in total. The van der Waals surface area contributed by atoms with Crippen LogP contribution in [0.5, 0.6) is 0 Å². The van der Waals surface area contributed by atoms with Crippen LogP contribution in [0.1, 0.15) is 90.9 Å². The molecule has 39 heavy (non-hydrogen) atoms. The summed E-state index contributed by atoms with van der Waals surface area (Å²) in [7, 11) is 0. The molecule has 11 heteroatoms. The minimum absolute atomic E-state index is 0.0124. The van der Waals surface area contributed by atoms with E-state index in [1.54, 1.807) is 0 Å². The second kappa shape index (κ2) is 14.1. The first kappa shape index (κ1) is 30.8. The summed E-state index contributed by atoms with van der Waals surface area (Å²) in [4.78, 5) is 65.6. The van der Waals surface area contributed by atoms with Crippen molar-refractivity contribution in [1.29, 1.82) is 0 Å². The number of carbonyl (C=O) groups excluding carboxylic acids is 4. The molecule has 2 aliphatic carbocycles. The van der Waals surface area contributed by atoms with Gasteiger partial charge in [-0.3, -0.25) is 24.0 Å². The maximum absolute atomic E-state index is 13.9. The highest BCUT2D eigenvalue weighted by Gasteiger charge is 2.44. The van der Waals surface area contributed by atoms with Crippen LogP contribution in [-0.2, 0) is 24.0 Å². The van der Waals surface area contributed by atoms with Gasteiger partial charge in [-0.1, -0.05) is 58.8 Å². The minimum atomic E-state index is -1.01. The van der Waals surface area contributed by atoms with Crippen LogP contribution in [0.15, 0.2) is 0 Å². The van der Waals surface area contributed by atoms with Crippen molar-refractivity contribution in [3.8, 4) is 0 Å². The number of carboxylic acid groups (broad SMARTS) is 1. The van der Waals surface area contributed by atoms with Gasteiger partial charge in [0.15, 0.2) is 0 Å². The molecular weight excluding hydrogens is 504 g/mol. The third-order valence-corrected chi connectivity index (χ3v) is 8.56. The lowest BCUT2D eigenvalue weighted by molar-refractivity contribution is -0.150. The van der Waals surface area contributed by atoms with Crippen molar-refractivity contribution in [2.24, 2.45) is 29.4 Å². The molecule has 0 bridgehead atoms. The lowest BCUT2D eigenvalue weighted by Gasteiger charge is -2.34. The zero-order valence-electron chi connectivity index (χ0n) is 23.3. The molecule has 3 fully saturated rings. The van der Waals surface area contributed by atoms with E-state index in [1.807, 2.05) is 13.8 Å². The molecule has 3 aliphatic rings. The van der Waals surface area contributed by atoms with Gasteiger partial charge < -0.3 is 31.5 Å². The first-order valence-corrected chi connectivity index (χ1v) is 14.6. The van der Waals surface area contributed by atoms with Gasteiger partial charge in [0.1, 0.15) is 18.1 Å². The number of amides is 4. The Morgan fingerprint density at radius 3 is 2.05 bits per heavy atom. The van der Waals surface area contributed by atoms with E-state index >= 15 is 0 Å². The fraction of sp³-hybridized carbons (Fsp3) is 0.821. The zero-order chi connectivity index (χ0) is 28.7. The molecular formula is C28H46N4O7. The van der Waals surface area contributed by atoms with Gasteiger partial charge in [0.05, 0.1) is 17.9 Å². The third-order valence-electron chi connectivity index (χ3n) is 8.56. The van der Waals surface area contributed by atoms with Gasteiger partial charge >= 0.3 is 5.97 Å². The Hall–Kier alpha value is -2.69. The van der Waals surface area contributed by atoms with E-state index in [2.05, 4.69) is 10.6 Å². The molecule has 6 atom stereocenters.